The second-order valence-electron chi connectivity index (χ2n) is 8.87. The summed E-state index contributed by atoms with van der Waals surface area (Å²) in [5.74, 6) is 0.930. The summed E-state index contributed by atoms with van der Waals surface area (Å²) in [5, 5.41) is 2.05. The topological polar surface area (TPSA) is 89.5 Å². The van der Waals surface area contributed by atoms with Crippen LogP contribution < -0.4 is 19.5 Å². The summed E-state index contributed by atoms with van der Waals surface area (Å²) in [4.78, 5) is 32.2. The number of halogens is 3. The molecule has 12 heteroatoms. The van der Waals surface area contributed by atoms with E-state index in [1.165, 1.54) is 17.0 Å². The molecule has 2 heterocycles. The summed E-state index contributed by atoms with van der Waals surface area (Å²) in [6.07, 6.45) is -4.68. The van der Waals surface area contributed by atoms with Crippen molar-refractivity contribution < 1.29 is 37.0 Å². The lowest BCUT2D eigenvalue weighted by Crippen LogP contribution is -2.44. The van der Waals surface area contributed by atoms with E-state index >= 15 is 0 Å². The Kier molecular flexibility index (Phi) is 7.88. The molecule has 1 unspecified atom stereocenters. The number of nitrogens with one attached hydrogen (secondary N) is 1. The van der Waals surface area contributed by atoms with E-state index in [0.29, 0.717) is 35.1 Å². The predicted molar refractivity (Wildman–Crippen MR) is 144 cm³/mol. The molecule has 2 amide bonds. The fraction of sp³-hybridized carbons (Fsp3) is 0.250. The van der Waals surface area contributed by atoms with Crippen LogP contribution in [-0.4, -0.2) is 40.5 Å². The molecule has 1 N–H and O–H groups in total. The molecule has 0 saturated carbocycles. The van der Waals surface area contributed by atoms with E-state index in [9.17, 15) is 22.8 Å². The molecule has 2 aliphatic rings. The smallest absolute Gasteiger partial charge is 0.416 e. The minimum Gasteiger partial charge on any atom is -0.494 e. The van der Waals surface area contributed by atoms with Gasteiger partial charge in [-0.15, -0.1) is 0 Å². The minimum atomic E-state index is -4.56. The largest absolute Gasteiger partial charge is 0.494 e. The van der Waals surface area contributed by atoms with Crippen molar-refractivity contribution >= 4 is 40.1 Å². The second-order valence-corrected chi connectivity index (χ2v) is 10.0. The van der Waals surface area contributed by atoms with Crippen LogP contribution in [0.1, 0.15) is 24.5 Å². The fourth-order valence-corrected chi connectivity index (χ4v) is 5.20. The molecule has 0 spiro atoms. The Morgan fingerprint density at radius 2 is 1.88 bits per heavy atom. The first-order valence-electron chi connectivity index (χ1n) is 12.3. The van der Waals surface area contributed by atoms with Gasteiger partial charge in [-0.3, -0.25) is 14.5 Å². The zero-order chi connectivity index (χ0) is 28.3. The fourth-order valence-electron chi connectivity index (χ4n) is 4.10. The highest BCUT2D eigenvalue weighted by Gasteiger charge is 2.36. The highest BCUT2D eigenvalue weighted by molar-refractivity contribution is 8.15. The van der Waals surface area contributed by atoms with Gasteiger partial charge >= 0.3 is 6.18 Å². The van der Waals surface area contributed by atoms with Crippen LogP contribution in [0, 0.1) is 0 Å². The number of carbonyl (C=O) groups excluding carboxylic acids is 2. The Balaban J connectivity index is 1.41. The van der Waals surface area contributed by atoms with Crippen LogP contribution in [-0.2, 0) is 22.3 Å². The number of hydrogen-bond donors (Lipinski definition) is 1. The van der Waals surface area contributed by atoms with Gasteiger partial charge in [0.15, 0.2) is 16.7 Å². The van der Waals surface area contributed by atoms with Crippen molar-refractivity contribution in [2.75, 3.05) is 18.7 Å². The number of anilines is 1. The van der Waals surface area contributed by atoms with Gasteiger partial charge in [-0.25, -0.2) is 4.99 Å². The van der Waals surface area contributed by atoms with Crippen molar-refractivity contribution in [1.82, 2.24) is 4.90 Å². The Morgan fingerprint density at radius 1 is 1.10 bits per heavy atom. The first kappa shape index (κ1) is 27.4. The average molecular weight is 572 g/mol. The SMILES string of the molecule is CCOc1ccc(NC(=O)C2CC(=O)N(Cc3ccc4c(c3)OCO4)C(=Nc3cccc(C(F)(F)F)c3)S2)cc1. The lowest BCUT2D eigenvalue weighted by Gasteiger charge is -2.32. The Bertz CT molecular complexity index is 1450. The normalized spacial score (nSPS) is 17.7. The van der Waals surface area contributed by atoms with E-state index in [2.05, 4.69) is 10.3 Å². The third-order valence-electron chi connectivity index (χ3n) is 6.04. The second kappa shape index (κ2) is 11.5. The number of hydrogen-bond acceptors (Lipinski definition) is 7. The average Bonchev–Trinajstić information content (AvgIpc) is 3.39. The van der Waals surface area contributed by atoms with E-state index in [0.717, 1.165) is 23.9 Å². The molecule has 3 aromatic rings. The molecule has 1 atom stereocenters. The number of rotatable bonds is 7. The lowest BCUT2D eigenvalue weighted by molar-refractivity contribution is -0.137. The molecule has 208 valence electrons. The Labute approximate surface area is 232 Å². The maximum Gasteiger partial charge on any atom is 0.416 e. The van der Waals surface area contributed by atoms with E-state index in [1.54, 1.807) is 42.5 Å². The van der Waals surface area contributed by atoms with Gasteiger partial charge in [-0.1, -0.05) is 23.9 Å². The number of aliphatic imine (C=N–C) groups is 1. The number of fused-ring (bicyclic) bond motifs is 1. The highest BCUT2D eigenvalue weighted by Crippen LogP contribution is 2.36. The number of carbonyl (C=O) groups is 2. The summed E-state index contributed by atoms with van der Waals surface area (Å²) in [7, 11) is 0. The first-order valence-corrected chi connectivity index (χ1v) is 13.2. The van der Waals surface area contributed by atoms with Crippen molar-refractivity contribution in [2.24, 2.45) is 4.99 Å². The van der Waals surface area contributed by atoms with Crippen molar-refractivity contribution in [3.05, 3.63) is 77.9 Å². The Morgan fingerprint density at radius 3 is 2.62 bits per heavy atom. The molecule has 0 radical (unpaired) electrons. The van der Waals surface area contributed by atoms with E-state index in [-0.39, 0.29) is 30.6 Å². The molecule has 0 bridgehead atoms. The molecule has 8 nitrogen and oxygen atoms in total. The lowest BCUT2D eigenvalue weighted by atomic mass is 10.1. The van der Waals surface area contributed by atoms with Crippen LogP contribution in [0.5, 0.6) is 17.2 Å². The van der Waals surface area contributed by atoms with Gasteiger partial charge in [0.1, 0.15) is 11.0 Å². The molecule has 3 aromatic carbocycles. The molecule has 0 aliphatic carbocycles. The Hall–Kier alpha value is -4.19. The summed E-state index contributed by atoms with van der Waals surface area (Å²) in [6, 6.07) is 16.5. The minimum absolute atomic E-state index is 0.00776. The number of alkyl halides is 3. The number of amidine groups is 1. The third-order valence-corrected chi connectivity index (χ3v) is 7.23. The van der Waals surface area contributed by atoms with Crippen LogP contribution in [0.3, 0.4) is 0 Å². The van der Waals surface area contributed by atoms with Crippen molar-refractivity contribution in [3.63, 3.8) is 0 Å². The maximum absolute atomic E-state index is 13.3. The van der Waals surface area contributed by atoms with Crippen LogP contribution >= 0.6 is 11.8 Å². The van der Waals surface area contributed by atoms with Gasteiger partial charge in [0, 0.05) is 12.1 Å². The van der Waals surface area contributed by atoms with Crippen LogP contribution in [0.15, 0.2) is 71.7 Å². The van der Waals surface area contributed by atoms with Gasteiger partial charge in [-0.2, -0.15) is 13.2 Å². The highest BCUT2D eigenvalue weighted by atomic mass is 32.2. The quantitative estimate of drug-likeness (QED) is 0.375. The predicted octanol–water partition coefficient (Wildman–Crippen LogP) is 5.99. The third kappa shape index (κ3) is 6.33. The maximum atomic E-state index is 13.3. The summed E-state index contributed by atoms with van der Waals surface area (Å²) in [5.41, 5.74) is 0.356. The molecule has 5 rings (SSSR count). The standard InChI is InChI=1S/C28H24F3N3O5S/c1-2-37-21-9-7-19(8-10-21)32-26(36)24-14-25(35)34(15-17-6-11-22-23(12-17)39-16-38-22)27(40-24)33-20-5-3-4-18(13-20)28(29,30)31/h3-13,24H,2,14-16H2,1H3,(H,32,36). The van der Waals surface area contributed by atoms with Gasteiger partial charge in [-0.05, 0) is 67.1 Å². The molecular formula is C28H24F3N3O5S. The molecular weight excluding hydrogens is 547 g/mol. The zero-order valence-corrected chi connectivity index (χ0v) is 22.1. The molecule has 1 saturated heterocycles. The van der Waals surface area contributed by atoms with Crippen molar-refractivity contribution in [2.45, 2.75) is 31.3 Å². The van der Waals surface area contributed by atoms with Crippen LogP contribution in [0.4, 0.5) is 24.5 Å². The monoisotopic (exact) mass is 571 g/mol. The van der Waals surface area contributed by atoms with E-state index in [4.69, 9.17) is 14.2 Å². The molecule has 2 aliphatic heterocycles. The van der Waals surface area contributed by atoms with E-state index in [1.807, 2.05) is 6.92 Å². The number of ether oxygens (including phenoxy) is 3. The molecule has 1 fully saturated rings. The van der Waals surface area contributed by atoms with Crippen LogP contribution in [0.2, 0.25) is 0 Å². The zero-order valence-electron chi connectivity index (χ0n) is 21.2. The number of amides is 2. The van der Waals surface area contributed by atoms with Crippen molar-refractivity contribution in [1.29, 1.82) is 0 Å². The molecule has 40 heavy (non-hydrogen) atoms. The summed E-state index contributed by atoms with van der Waals surface area (Å²) in [6.45, 7) is 2.53. The van der Waals surface area contributed by atoms with Crippen molar-refractivity contribution in [3.8, 4) is 17.2 Å². The number of nitrogens with zero attached hydrogens (tertiary/aromatic N) is 2. The summed E-state index contributed by atoms with van der Waals surface area (Å²) < 4.78 is 56.1. The van der Waals surface area contributed by atoms with Crippen LogP contribution in [0.25, 0.3) is 0 Å². The first-order chi connectivity index (χ1) is 19.2. The molecule has 0 aromatic heterocycles. The van der Waals surface area contributed by atoms with E-state index < -0.39 is 28.8 Å². The van der Waals surface area contributed by atoms with Gasteiger partial charge < -0.3 is 19.5 Å². The number of benzene rings is 3. The summed E-state index contributed by atoms with van der Waals surface area (Å²) >= 11 is 1.02. The van der Waals surface area contributed by atoms with Gasteiger partial charge in [0.2, 0.25) is 18.6 Å². The van der Waals surface area contributed by atoms with Gasteiger partial charge in [0.05, 0.1) is 24.4 Å². The number of thioether (sulfide) groups is 1. The van der Waals surface area contributed by atoms with Gasteiger partial charge in [0.25, 0.3) is 0 Å².